The van der Waals surface area contributed by atoms with Gasteiger partial charge in [-0.05, 0) is 77.9 Å². The molecule has 0 aliphatic heterocycles. The molecule has 0 amide bonds. The zero-order valence-electron chi connectivity index (χ0n) is 34.2. The van der Waals surface area contributed by atoms with Gasteiger partial charge in [0.15, 0.2) is 5.82 Å². The number of para-hydroxylation sites is 7. The fourth-order valence-corrected chi connectivity index (χ4v) is 10.2. The van der Waals surface area contributed by atoms with Crippen LogP contribution in [0.3, 0.4) is 0 Å². The maximum atomic E-state index is 6.52. The van der Waals surface area contributed by atoms with E-state index in [1.807, 2.05) is 12.1 Å². The van der Waals surface area contributed by atoms with Gasteiger partial charge in [0.05, 0.1) is 33.1 Å². The Bertz CT molecular complexity index is 3930. The molecule has 0 radical (unpaired) electrons. The molecule has 9 aromatic carbocycles. The Hall–Kier alpha value is -8.81. The predicted molar refractivity (Wildman–Crippen MR) is 261 cm³/mol. The maximum absolute atomic E-state index is 6.52. The van der Waals surface area contributed by atoms with Crippen LogP contribution >= 0.6 is 0 Å². The highest BCUT2D eigenvalue weighted by molar-refractivity contribution is 6.15. The third-order valence-electron chi connectivity index (χ3n) is 12.9. The molecule has 5 heterocycles. The first-order chi connectivity index (χ1) is 31.8. The Morgan fingerprint density at radius 2 is 0.703 bits per heavy atom. The van der Waals surface area contributed by atoms with Crippen LogP contribution in [0.25, 0.3) is 127 Å². The quantitative estimate of drug-likeness (QED) is 0.173. The molecule has 0 saturated carbocycles. The number of furan rings is 1. The first-order valence-corrected chi connectivity index (χ1v) is 21.5. The van der Waals surface area contributed by atoms with Gasteiger partial charge in [-0.2, -0.15) is 15.0 Å². The van der Waals surface area contributed by atoms with Crippen molar-refractivity contribution in [1.29, 1.82) is 0 Å². The minimum absolute atomic E-state index is 0.531. The Morgan fingerprint density at radius 3 is 1.19 bits per heavy atom. The van der Waals surface area contributed by atoms with Gasteiger partial charge in [-0.25, -0.2) is 0 Å². The van der Waals surface area contributed by atoms with Gasteiger partial charge in [0.1, 0.15) is 11.2 Å². The number of nitrogens with zero attached hydrogens (tertiary/aromatic N) is 6. The van der Waals surface area contributed by atoms with Crippen molar-refractivity contribution < 1.29 is 4.42 Å². The molecule has 7 heteroatoms. The van der Waals surface area contributed by atoms with Crippen LogP contribution in [0.4, 0.5) is 0 Å². The van der Waals surface area contributed by atoms with Crippen molar-refractivity contribution in [2.75, 3.05) is 0 Å². The molecule has 14 rings (SSSR count). The number of aromatic nitrogens is 6. The standard InChI is InChI=1S/C57H34N6O/c1-8-24-46-36(16-1)37-17-2-9-25-47(37)61(46)35-32-33-43(45(34-35)42-23-15-31-53-54(42)44-22-7-14-30-52(44)64-53)55-58-56(62-48-26-10-3-18-38(48)39-19-4-11-27-49(39)62)60-57(59-55)63-50-28-12-5-20-40(50)41-21-6-13-29-51(41)63/h1-34H. The lowest BCUT2D eigenvalue weighted by molar-refractivity contribution is 0.669. The molecule has 0 fully saturated rings. The van der Waals surface area contributed by atoms with E-state index >= 15 is 0 Å². The molecule has 0 aliphatic carbocycles. The second-order valence-electron chi connectivity index (χ2n) is 16.4. The van der Waals surface area contributed by atoms with Crippen LogP contribution in [0, 0.1) is 0 Å². The van der Waals surface area contributed by atoms with Crippen molar-refractivity contribution in [2.24, 2.45) is 0 Å². The van der Waals surface area contributed by atoms with Crippen LogP contribution in [-0.2, 0) is 0 Å². The van der Waals surface area contributed by atoms with E-state index in [1.165, 1.54) is 10.8 Å². The number of rotatable bonds is 5. The minimum atomic E-state index is 0.531. The summed E-state index contributed by atoms with van der Waals surface area (Å²) in [5.41, 5.74) is 11.9. The second kappa shape index (κ2) is 13.3. The Labute approximate surface area is 365 Å². The summed E-state index contributed by atoms with van der Waals surface area (Å²) in [6.07, 6.45) is 0. The van der Waals surface area contributed by atoms with Crippen molar-refractivity contribution in [2.45, 2.75) is 0 Å². The third kappa shape index (κ3) is 4.94. The van der Waals surface area contributed by atoms with E-state index in [1.54, 1.807) is 0 Å². The smallest absolute Gasteiger partial charge is 0.240 e. The molecule has 0 saturated heterocycles. The summed E-state index contributed by atoms with van der Waals surface area (Å²) in [6.45, 7) is 0. The van der Waals surface area contributed by atoms with Crippen molar-refractivity contribution >= 4 is 87.4 Å². The van der Waals surface area contributed by atoms with Gasteiger partial charge >= 0.3 is 0 Å². The molecule has 14 aromatic rings. The summed E-state index contributed by atoms with van der Waals surface area (Å²) in [5.74, 6) is 1.62. The molecule has 0 unspecified atom stereocenters. The molecule has 0 bridgehead atoms. The normalized spacial score (nSPS) is 12.1. The van der Waals surface area contributed by atoms with Crippen LogP contribution in [-0.4, -0.2) is 28.7 Å². The summed E-state index contributed by atoms with van der Waals surface area (Å²) in [6, 6.07) is 72.5. The number of hydrogen-bond donors (Lipinski definition) is 0. The first-order valence-electron chi connectivity index (χ1n) is 21.5. The fourth-order valence-electron chi connectivity index (χ4n) is 10.2. The van der Waals surface area contributed by atoms with Gasteiger partial charge in [0.2, 0.25) is 11.9 Å². The molecule has 0 aliphatic rings. The SMILES string of the molecule is c1ccc2c(c1)oc1cccc(-c3cc(-n4c5ccccc5c5ccccc54)ccc3-c3nc(-n4c5ccccc5c5ccccc54)nc(-n4c5ccccc5c5ccccc54)n3)c12. The second-order valence-corrected chi connectivity index (χ2v) is 16.4. The van der Waals surface area contributed by atoms with Crippen LogP contribution in [0.5, 0.6) is 0 Å². The van der Waals surface area contributed by atoms with Crippen molar-refractivity contribution in [1.82, 2.24) is 28.7 Å². The van der Waals surface area contributed by atoms with E-state index < -0.39 is 0 Å². The highest BCUT2D eigenvalue weighted by atomic mass is 16.3. The summed E-state index contributed by atoms with van der Waals surface area (Å²) < 4.78 is 13.3. The largest absolute Gasteiger partial charge is 0.456 e. The molecule has 0 N–H and O–H groups in total. The third-order valence-corrected chi connectivity index (χ3v) is 12.9. The Balaban J connectivity index is 1.12. The Kier molecular flexibility index (Phi) is 7.27. The summed E-state index contributed by atoms with van der Waals surface area (Å²) in [7, 11) is 0. The molecule has 0 atom stereocenters. The van der Waals surface area contributed by atoms with E-state index in [-0.39, 0.29) is 0 Å². The van der Waals surface area contributed by atoms with E-state index in [0.717, 1.165) is 99.0 Å². The fraction of sp³-hybridized carbons (Fsp3) is 0. The topological polar surface area (TPSA) is 66.6 Å². The Morgan fingerprint density at radius 1 is 0.297 bits per heavy atom. The van der Waals surface area contributed by atoms with Crippen molar-refractivity contribution in [3.8, 4) is 40.1 Å². The van der Waals surface area contributed by atoms with Crippen LogP contribution in [0.2, 0.25) is 0 Å². The molecule has 5 aromatic heterocycles. The van der Waals surface area contributed by atoms with Gasteiger partial charge in [-0.3, -0.25) is 9.13 Å². The van der Waals surface area contributed by atoms with Crippen LogP contribution < -0.4 is 0 Å². The van der Waals surface area contributed by atoms with Gasteiger partial charge < -0.3 is 8.98 Å². The number of fused-ring (bicyclic) bond motifs is 12. The monoisotopic (exact) mass is 818 g/mol. The lowest BCUT2D eigenvalue weighted by Crippen LogP contribution is -2.10. The average molecular weight is 819 g/mol. The zero-order chi connectivity index (χ0) is 41.9. The van der Waals surface area contributed by atoms with Crippen molar-refractivity contribution in [3.05, 3.63) is 206 Å². The molecule has 0 spiro atoms. The highest BCUT2D eigenvalue weighted by Crippen LogP contribution is 2.43. The van der Waals surface area contributed by atoms with Gasteiger partial charge in [0.25, 0.3) is 0 Å². The van der Waals surface area contributed by atoms with E-state index in [9.17, 15) is 0 Å². The van der Waals surface area contributed by atoms with Gasteiger partial charge in [-0.15, -0.1) is 0 Å². The minimum Gasteiger partial charge on any atom is -0.456 e. The van der Waals surface area contributed by atoms with E-state index in [4.69, 9.17) is 19.4 Å². The zero-order valence-corrected chi connectivity index (χ0v) is 34.2. The average Bonchev–Trinajstić information content (AvgIpc) is 4.10. The molecule has 7 nitrogen and oxygen atoms in total. The first kappa shape index (κ1) is 34.9. The lowest BCUT2D eigenvalue weighted by Gasteiger charge is -2.17. The molecule has 298 valence electrons. The van der Waals surface area contributed by atoms with E-state index in [0.29, 0.717) is 17.7 Å². The summed E-state index contributed by atoms with van der Waals surface area (Å²) in [5, 5.41) is 9.03. The highest BCUT2D eigenvalue weighted by Gasteiger charge is 2.24. The van der Waals surface area contributed by atoms with Crippen LogP contribution in [0.15, 0.2) is 211 Å². The van der Waals surface area contributed by atoms with Crippen LogP contribution in [0.1, 0.15) is 0 Å². The molecule has 64 heavy (non-hydrogen) atoms. The lowest BCUT2D eigenvalue weighted by atomic mass is 9.94. The van der Waals surface area contributed by atoms with Crippen molar-refractivity contribution in [3.63, 3.8) is 0 Å². The summed E-state index contributed by atoms with van der Waals surface area (Å²) in [4.78, 5) is 16.5. The number of hydrogen-bond acceptors (Lipinski definition) is 4. The van der Waals surface area contributed by atoms with Gasteiger partial charge in [-0.1, -0.05) is 140 Å². The maximum Gasteiger partial charge on any atom is 0.240 e. The predicted octanol–water partition coefficient (Wildman–Crippen LogP) is 14.4. The van der Waals surface area contributed by atoms with E-state index in [2.05, 4.69) is 208 Å². The summed E-state index contributed by atoms with van der Waals surface area (Å²) >= 11 is 0. The molecular formula is C57H34N6O. The molecular weight excluding hydrogens is 785 g/mol. The van der Waals surface area contributed by atoms with Gasteiger partial charge in [0, 0.05) is 54.3 Å². The number of benzene rings is 9.